The molecule has 0 fully saturated rings. The summed E-state index contributed by atoms with van der Waals surface area (Å²) in [5.74, 6) is 1.23. The quantitative estimate of drug-likeness (QED) is 0.900. The van der Waals surface area contributed by atoms with Gasteiger partial charge in [-0.05, 0) is 26.3 Å². The fraction of sp³-hybridized carbons (Fsp3) is 0.385. The van der Waals surface area contributed by atoms with Crippen molar-refractivity contribution in [2.45, 2.75) is 32.9 Å². The van der Waals surface area contributed by atoms with Crippen LogP contribution in [-0.4, -0.2) is 14.8 Å². The Hall–Kier alpha value is -1.88. The largest absolute Gasteiger partial charge is 0.436 e. The lowest BCUT2D eigenvalue weighted by Gasteiger charge is -2.06. The molecule has 5 heteroatoms. The molecule has 96 valence electrons. The first-order valence-corrected chi connectivity index (χ1v) is 6.00. The van der Waals surface area contributed by atoms with E-state index in [9.17, 15) is 0 Å². The molecule has 0 aliphatic carbocycles. The molecule has 0 aliphatic rings. The lowest BCUT2D eigenvalue weighted by atomic mass is 10.2. The molecule has 5 nitrogen and oxygen atoms in total. The van der Waals surface area contributed by atoms with Gasteiger partial charge in [-0.1, -0.05) is 6.07 Å². The third-order valence-corrected chi connectivity index (χ3v) is 2.61. The van der Waals surface area contributed by atoms with Gasteiger partial charge in [0.15, 0.2) is 5.75 Å². The number of hydrogen-bond acceptors (Lipinski definition) is 4. The standard InChI is InChI=1S/C13H18N4O/c1-9(2)17-8-12(7-16-17)18-13-5-4-11(6-15-13)10(3)14/h4-10H,14H2,1-3H3/t10-/m0/s1. The molecule has 0 bridgehead atoms. The van der Waals surface area contributed by atoms with E-state index in [0.29, 0.717) is 17.7 Å². The highest BCUT2D eigenvalue weighted by Gasteiger charge is 2.05. The predicted molar refractivity (Wildman–Crippen MR) is 69.5 cm³/mol. The van der Waals surface area contributed by atoms with E-state index in [4.69, 9.17) is 10.5 Å². The van der Waals surface area contributed by atoms with Gasteiger partial charge < -0.3 is 10.5 Å². The molecule has 2 N–H and O–H groups in total. The lowest BCUT2D eigenvalue weighted by Crippen LogP contribution is -2.05. The molecule has 0 aliphatic heterocycles. The number of nitrogens with two attached hydrogens (primary N) is 1. The van der Waals surface area contributed by atoms with E-state index in [2.05, 4.69) is 23.9 Å². The Morgan fingerprint density at radius 1 is 1.22 bits per heavy atom. The molecule has 0 amide bonds. The van der Waals surface area contributed by atoms with Gasteiger partial charge >= 0.3 is 0 Å². The smallest absolute Gasteiger partial charge is 0.219 e. The van der Waals surface area contributed by atoms with E-state index >= 15 is 0 Å². The Morgan fingerprint density at radius 3 is 2.50 bits per heavy atom. The maximum absolute atomic E-state index is 5.76. The van der Waals surface area contributed by atoms with Crippen molar-refractivity contribution in [1.82, 2.24) is 14.8 Å². The molecule has 2 aromatic rings. The van der Waals surface area contributed by atoms with Gasteiger partial charge in [0.25, 0.3) is 0 Å². The molecule has 0 radical (unpaired) electrons. The molecule has 1 atom stereocenters. The van der Waals surface area contributed by atoms with Crippen molar-refractivity contribution >= 4 is 0 Å². The molecule has 0 aromatic carbocycles. The van der Waals surface area contributed by atoms with Crippen LogP contribution in [0.5, 0.6) is 11.6 Å². The van der Waals surface area contributed by atoms with E-state index in [0.717, 1.165) is 5.56 Å². The van der Waals surface area contributed by atoms with Gasteiger partial charge in [0.05, 0.1) is 12.4 Å². The highest BCUT2D eigenvalue weighted by molar-refractivity contribution is 5.25. The molecule has 2 aromatic heterocycles. The molecular formula is C13H18N4O. The summed E-state index contributed by atoms with van der Waals surface area (Å²) in [5.41, 5.74) is 6.75. The van der Waals surface area contributed by atoms with Crippen molar-refractivity contribution in [1.29, 1.82) is 0 Å². The molecule has 0 saturated carbocycles. The van der Waals surface area contributed by atoms with Gasteiger partial charge in [0.2, 0.25) is 5.88 Å². The van der Waals surface area contributed by atoms with E-state index in [1.807, 2.05) is 29.9 Å². The maximum Gasteiger partial charge on any atom is 0.219 e. The minimum atomic E-state index is -0.0183. The zero-order valence-electron chi connectivity index (χ0n) is 10.9. The highest BCUT2D eigenvalue weighted by atomic mass is 16.5. The number of rotatable bonds is 4. The van der Waals surface area contributed by atoms with Crippen LogP contribution in [0, 0.1) is 0 Å². The van der Waals surface area contributed by atoms with Gasteiger partial charge in [-0.2, -0.15) is 5.10 Å². The minimum Gasteiger partial charge on any atom is -0.436 e. The summed E-state index contributed by atoms with van der Waals surface area (Å²) in [6.45, 7) is 6.04. The Morgan fingerprint density at radius 2 is 2.00 bits per heavy atom. The number of pyridine rings is 1. The van der Waals surface area contributed by atoms with Gasteiger partial charge in [-0.3, -0.25) is 4.68 Å². The second-order valence-corrected chi connectivity index (χ2v) is 4.57. The van der Waals surface area contributed by atoms with Crippen LogP contribution in [0.3, 0.4) is 0 Å². The van der Waals surface area contributed by atoms with E-state index in [-0.39, 0.29) is 6.04 Å². The summed E-state index contributed by atoms with van der Waals surface area (Å²) >= 11 is 0. The third kappa shape index (κ3) is 2.87. The molecular weight excluding hydrogens is 228 g/mol. The summed E-state index contributed by atoms with van der Waals surface area (Å²) in [4.78, 5) is 4.21. The van der Waals surface area contributed by atoms with Crippen LogP contribution in [-0.2, 0) is 0 Å². The van der Waals surface area contributed by atoms with Gasteiger partial charge in [0, 0.05) is 24.3 Å². The van der Waals surface area contributed by atoms with E-state index in [1.54, 1.807) is 12.4 Å². The monoisotopic (exact) mass is 246 g/mol. The van der Waals surface area contributed by atoms with Crippen LogP contribution in [0.2, 0.25) is 0 Å². The Balaban J connectivity index is 2.08. The van der Waals surface area contributed by atoms with Gasteiger partial charge in [0.1, 0.15) is 0 Å². The molecule has 0 saturated heterocycles. The summed E-state index contributed by atoms with van der Waals surface area (Å²) in [5, 5.41) is 4.20. The summed E-state index contributed by atoms with van der Waals surface area (Å²) in [7, 11) is 0. The number of aromatic nitrogens is 3. The van der Waals surface area contributed by atoms with Crippen molar-refractivity contribution < 1.29 is 4.74 Å². The maximum atomic E-state index is 5.76. The van der Waals surface area contributed by atoms with Crippen LogP contribution < -0.4 is 10.5 Å². The van der Waals surface area contributed by atoms with Crippen molar-refractivity contribution in [2.24, 2.45) is 5.73 Å². The lowest BCUT2D eigenvalue weighted by molar-refractivity contribution is 0.458. The first kappa shape index (κ1) is 12.6. The zero-order valence-corrected chi connectivity index (χ0v) is 10.9. The number of ether oxygens (including phenoxy) is 1. The molecule has 0 unspecified atom stereocenters. The first-order valence-electron chi connectivity index (χ1n) is 6.00. The second-order valence-electron chi connectivity index (χ2n) is 4.57. The Kier molecular flexibility index (Phi) is 3.62. The van der Waals surface area contributed by atoms with Crippen LogP contribution in [0.15, 0.2) is 30.7 Å². The average Bonchev–Trinajstić information content (AvgIpc) is 2.78. The Bertz CT molecular complexity index is 502. The average molecular weight is 246 g/mol. The fourth-order valence-corrected chi connectivity index (χ4v) is 1.50. The molecule has 2 rings (SSSR count). The fourth-order valence-electron chi connectivity index (χ4n) is 1.50. The normalized spacial score (nSPS) is 12.7. The molecule has 2 heterocycles. The molecule has 18 heavy (non-hydrogen) atoms. The van der Waals surface area contributed by atoms with Crippen LogP contribution in [0.25, 0.3) is 0 Å². The summed E-state index contributed by atoms with van der Waals surface area (Å²) < 4.78 is 7.45. The van der Waals surface area contributed by atoms with Crippen LogP contribution in [0.1, 0.15) is 38.4 Å². The van der Waals surface area contributed by atoms with E-state index < -0.39 is 0 Å². The van der Waals surface area contributed by atoms with Gasteiger partial charge in [-0.25, -0.2) is 4.98 Å². The Labute approximate surface area is 107 Å². The summed E-state index contributed by atoms with van der Waals surface area (Å²) in [6, 6.07) is 4.02. The number of nitrogens with zero attached hydrogens (tertiary/aromatic N) is 3. The highest BCUT2D eigenvalue weighted by Crippen LogP contribution is 2.20. The molecule has 0 spiro atoms. The topological polar surface area (TPSA) is 66.0 Å². The SMILES string of the molecule is CC(C)n1cc(Oc2ccc([C@H](C)N)cn2)cn1. The second kappa shape index (κ2) is 5.18. The zero-order chi connectivity index (χ0) is 13.1. The van der Waals surface area contributed by atoms with Crippen molar-refractivity contribution in [3.63, 3.8) is 0 Å². The number of hydrogen-bond donors (Lipinski definition) is 1. The van der Waals surface area contributed by atoms with Crippen LogP contribution in [0.4, 0.5) is 0 Å². The van der Waals surface area contributed by atoms with Crippen LogP contribution >= 0.6 is 0 Å². The first-order chi connectivity index (χ1) is 8.56. The third-order valence-electron chi connectivity index (χ3n) is 2.61. The van der Waals surface area contributed by atoms with Gasteiger partial charge in [-0.15, -0.1) is 0 Å². The minimum absolute atomic E-state index is 0.0183. The van der Waals surface area contributed by atoms with Crippen molar-refractivity contribution in [3.05, 3.63) is 36.3 Å². The van der Waals surface area contributed by atoms with E-state index in [1.165, 1.54) is 0 Å². The van der Waals surface area contributed by atoms with Crippen molar-refractivity contribution in [2.75, 3.05) is 0 Å². The summed E-state index contributed by atoms with van der Waals surface area (Å²) in [6.07, 6.45) is 5.26. The van der Waals surface area contributed by atoms with Crippen molar-refractivity contribution in [3.8, 4) is 11.6 Å². The predicted octanol–water partition coefficient (Wildman–Crippen LogP) is 2.67.